The minimum absolute atomic E-state index is 0.973. The van der Waals surface area contributed by atoms with Crippen LogP contribution in [0.2, 0.25) is 0 Å². The molecule has 2 rings (SSSR count). The molecule has 0 aliphatic carbocycles. The average molecular weight is 302 g/mol. The molecule has 4 nitrogen and oxygen atoms in total. The lowest BCUT2D eigenvalue weighted by Gasteiger charge is -2.22. The van der Waals surface area contributed by atoms with E-state index in [1.165, 1.54) is 57.2 Å². The number of hydrogen-bond donors (Lipinski definition) is 1. The summed E-state index contributed by atoms with van der Waals surface area (Å²) in [7, 11) is 0. The molecule has 1 heterocycles. The molecule has 2 aromatic rings. The molecule has 0 saturated carbocycles. The van der Waals surface area contributed by atoms with Gasteiger partial charge in [0.05, 0.1) is 0 Å². The average Bonchev–Trinajstić information content (AvgIpc) is 3.01. The molecule has 1 aromatic carbocycles. The second-order valence-electron chi connectivity index (χ2n) is 6.11. The predicted molar refractivity (Wildman–Crippen MR) is 93.1 cm³/mol. The number of nitrogens with one attached hydrogen (secondary N) is 1. The summed E-state index contributed by atoms with van der Waals surface area (Å²) in [6, 6.07) is 6.28. The van der Waals surface area contributed by atoms with Crippen LogP contribution in [0.15, 0.2) is 18.2 Å². The smallest absolute Gasteiger partial charge is 0.116 e. The number of nitrogens with zero attached hydrogens (tertiary/aromatic N) is 3. The van der Waals surface area contributed by atoms with E-state index < -0.39 is 0 Å². The van der Waals surface area contributed by atoms with Crippen LogP contribution in [0, 0.1) is 0 Å². The van der Waals surface area contributed by atoms with Gasteiger partial charge < -0.3 is 4.90 Å². The molecule has 122 valence electrons. The lowest BCUT2D eigenvalue weighted by atomic mass is 10.1. The van der Waals surface area contributed by atoms with E-state index in [0.29, 0.717) is 0 Å². The maximum atomic E-state index is 4.29. The summed E-state index contributed by atoms with van der Waals surface area (Å²) in [4.78, 5) is 2.63. The van der Waals surface area contributed by atoms with Crippen LogP contribution in [0.1, 0.15) is 57.9 Å². The van der Waals surface area contributed by atoms with Crippen molar-refractivity contribution in [2.75, 3.05) is 19.6 Å². The Labute approximate surface area is 134 Å². The predicted octanol–water partition coefficient (Wildman–Crippen LogP) is 4.18. The summed E-state index contributed by atoms with van der Waals surface area (Å²) in [5.41, 5.74) is 3.31. The van der Waals surface area contributed by atoms with Crippen LogP contribution in [0.5, 0.6) is 0 Å². The van der Waals surface area contributed by atoms with E-state index in [1.54, 1.807) is 0 Å². The minimum Gasteiger partial charge on any atom is -0.303 e. The van der Waals surface area contributed by atoms with Crippen LogP contribution >= 0.6 is 0 Å². The third kappa shape index (κ3) is 5.09. The molecule has 0 amide bonds. The Balaban J connectivity index is 1.89. The Morgan fingerprint density at radius 2 is 1.64 bits per heavy atom. The first-order valence-corrected chi connectivity index (χ1v) is 8.85. The van der Waals surface area contributed by atoms with Gasteiger partial charge in [-0.1, -0.05) is 51.7 Å². The number of rotatable bonds is 11. The van der Waals surface area contributed by atoms with Crippen LogP contribution in [0.3, 0.4) is 0 Å². The van der Waals surface area contributed by atoms with E-state index in [4.69, 9.17) is 0 Å². The van der Waals surface area contributed by atoms with Gasteiger partial charge in [0.15, 0.2) is 0 Å². The van der Waals surface area contributed by atoms with Crippen molar-refractivity contribution in [1.82, 2.24) is 20.3 Å². The molecule has 0 radical (unpaired) electrons. The van der Waals surface area contributed by atoms with Crippen molar-refractivity contribution in [2.45, 2.75) is 58.8 Å². The van der Waals surface area contributed by atoms with Crippen molar-refractivity contribution >= 4 is 11.0 Å². The zero-order chi connectivity index (χ0) is 15.6. The Morgan fingerprint density at radius 1 is 0.909 bits per heavy atom. The molecular weight excluding hydrogens is 272 g/mol. The van der Waals surface area contributed by atoms with E-state index in [2.05, 4.69) is 46.3 Å². The molecule has 0 spiro atoms. The standard InChI is InChI=1S/C18H30N4/c1-3-5-7-13-22(14-8-6-4-2)15-12-16-10-9-11-17-18(16)20-21-19-17/h9-11H,3-8,12-15H2,1-2H3,(H,19,20,21). The SMILES string of the molecule is CCCCCN(CCCCC)CCc1cccc2n[nH]nc12. The monoisotopic (exact) mass is 302 g/mol. The van der Waals surface area contributed by atoms with Crippen molar-refractivity contribution in [2.24, 2.45) is 0 Å². The first kappa shape index (κ1) is 16.9. The quantitative estimate of drug-likeness (QED) is 0.633. The van der Waals surface area contributed by atoms with Gasteiger partial charge in [-0.25, -0.2) is 0 Å². The molecule has 0 unspecified atom stereocenters. The molecule has 0 fully saturated rings. The number of aromatic nitrogens is 3. The summed E-state index contributed by atoms with van der Waals surface area (Å²) in [5, 5.41) is 11.2. The Hall–Kier alpha value is -1.42. The summed E-state index contributed by atoms with van der Waals surface area (Å²) in [6.07, 6.45) is 8.95. The van der Waals surface area contributed by atoms with Crippen molar-refractivity contribution < 1.29 is 0 Å². The fourth-order valence-electron chi connectivity index (χ4n) is 2.91. The third-order valence-corrected chi connectivity index (χ3v) is 4.28. The van der Waals surface area contributed by atoms with Gasteiger partial charge in [-0.3, -0.25) is 0 Å². The van der Waals surface area contributed by atoms with Gasteiger partial charge in [0.1, 0.15) is 11.0 Å². The molecular formula is C18H30N4. The van der Waals surface area contributed by atoms with E-state index in [-0.39, 0.29) is 0 Å². The minimum atomic E-state index is 0.973. The molecule has 4 heteroatoms. The second-order valence-corrected chi connectivity index (χ2v) is 6.11. The summed E-state index contributed by atoms with van der Waals surface area (Å²) in [5.74, 6) is 0. The van der Waals surface area contributed by atoms with Crippen molar-refractivity contribution in [1.29, 1.82) is 0 Å². The number of H-pyrrole nitrogens is 1. The molecule has 1 aromatic heterocycles. The molecule has 1 N–H and O–H groups in total. The van der Waals surface area contributed by atoms with Gasteiger partial charge in [0.25, 0.3) is 0 Å². The highest BCUT2D eigenvalue weighted by molar-refractivity contribution is 5.77. The number of fused-ring (bicyclic) bond motifs is 1. The molecule has 0 bridgehead atoms. The summed E-state index contributed by atoms with van der Waals surface area (Å²) >= 11 is 0. The summed E-state index contributed by atoms with van der Waals surface area (Å²) < 4.78 is 0. The van der Waals surface area contributed by atoms with E-state index in [9.17, 15) is 0 Å². The Kier molecular flexibility index (Phi) is 7.37. The van der Waals surface area contributed by atoms with Gasteiger partial charge in [0, 0.05) is 6.54 Å². The lowest BCUT2D eigenvalue weighted by molar-refractivity contribution is 0.265. The first-order chi connectivity index (χ1) is 10.8. The van der Waals surface area contributed by atoms with E-state index >= 15 is 0 Å². The van der Waals surface area contributed by atoms with Crippen LogP contribution in [-0.4, -0.2) is 39.9 Å². The van der Waals surface area contributed by atoms with Crippen molar-refractivity contribution in [3.63, 3.8) is 0 Å². The second kappa shape index (κ2) is 9.57. The van der Waals surface area contributed by atoms with E-state index in [0.717, 1.165) is 24.0 Å². The highest BCUT2D eigenvalue weighted by Gasteiger charge is 2.08. The largest absolute Gasteiger partial charge is 0.303 e. The molecule has 0 atom stereocenters. The van der Waals surface area contributed by atoms with Crippen LogP contribution in [0.4, 0.5) is 0 Å². The highest BCUT2D eigenvalue weighted by atomic mass is 15.3. The van der Waals surface area contributed by atoms with Gasteiger partial charge in [-0.15, -0.1) is 0 Å². The van der Waals surface area contributed by atoms with Crippen LogP contribution in [-0.2, 0) is 6.42 Å². The van der Waals surface area contributed by atoms with Gasteiger partial charge in [0.2, 0.25) is 0 Å². The highest BCUT2D eigenvalue weighted by Crippen LogP contribution is 2.15. The third-order valence-electron chi connectivity index (χ3n) is 4.28. The van der Waals surface area contributed by atoms with Gasteiger partial charge in [-0.2, -0.15) is 15.4 Å². The molecule has 22 heavy (non-hydrogen) atoms. The maximum absolute atomic E-state index is 4.29. The molecule has 0 aliphatic rings. The van der Waals surface area contributed by atoms with Gasteiger partial charge in [-0.05, 0) is 44.0 Å². The fraction of sp³-hybridized carbons (Fsp3) is 0.667. The van der Waals surface area contributed by atoms with Crippen molar-refractivity contribution in [3.8, 4) is 0 Å². The number of aromatic amines is 1. The molecule has 0 saturated heterocycles. The Morgan fingerprint density at radius 3 is 2.32 bits per heavy atom. The first-order valence-electron chi connectivity index (χ1n) is 8.85. The zero-order valence-corrected chi connectivity index (χ0v) is 14.1. The number of para-hydroxylation sites is 1. The maximum Gasteiger partial charge on any atom is 0.116 e. The topological polar surface area (TPSA) is 44.8 Å². The van der Waals surface area contributed by atoms with Gasteiger partial charge >= 0.3 is 0 Å². The number of unbranched alkanes of at least 4 members (excludes halogenated alkanes) is 4. The fourth-order valence-corrected chi connectivity index (χ4v) is 2.91. The normalized spacial score (nSPS) is 11.6. The van der Waals surface area contributed by atoms with Crippen LogP contribution < -0.4 is 0 Å². The van der Waals surface area contributed by atoms with E-state index in [1.807, 2.05) is 6.07 Å². The zero-order valence-electron chi connectivity index (χ0n) is 14.1. The number of hydrogen-bond acceptors (Lipinski definition) is 3. The number of benzene rings is 1. The van der Waals surface area contributed by atoms with Crippen molar-refractivity contribution in [3.05, 3.63) is 23.8 Å². The van der Waals surface area contributed by atoms with Crippen LogP contribution in [0.25, 0.3) is 11.0 Å². The Bertz CT molecular complexity index is 525. The summed E-state index contributed by atoms with van der Waals surface area (Å²) in [6.45, 7) is 8.12. The lowest BCUT2D eigenvalue weighted by Crippen LogP contribution is -2.28. The molecule has 0 aliphatic heterocycles.